The Kier molecular flexibility index (Phi) is 7.51. The predicted molar refractivity (Wildman–Crippen MR) is 111 cm³/mol. The van der Waals surface area contributed by atoms with Gasteiger partial charge in [-0.2, -0.15) is 5.10 Å². The van der Waals surface area contributed by atoms with Crippen molar-refractivity contribution in [3.05, 3.63) is 40.6 Å². The largest absolute Gasteiger partial charge is 0.497 e. The van der Waals surface area contributed by atoms with E-state index in [1.165, 1.54) is 4.68 Å². The fourth-order valence-corrected chi connectivity index (χ4v) is 3.68. The summed E-state index contributed by atoms with van der Waals surface area (Å²) in [5.74, 6) is 2.30. The number of amides is 1. The molecule has 0 unspecified atom stereocenters. The average molecular weight is 418 g/mol. The Morgan fingerprint density at radius 1 is 1.13 bits per heavy atom. The number of ether oxygens (including phenoxy) is 3. The van der Waals surface area contributed by atoms with Crippen molar-refractivity contribution in [2.24, 2.45) is 0 Å². The van der Waals surface area contributed by atoms with E-state index in [-0.39, 0.29) is 24.1 Å². The third kappa shape index (κ3) is 5.02. The molecule has 3 rings (SSSR count). The van der Waals surface area contributed by atoms with Gasteiger partial charge in [0.1, 0.15) is 17.3 Å². The van der Waals surface area contributed by atoms with Crippen LogP contribution in [0.25, 0.3) is 0 Å². The minimum absolute atomic E-state index is 0.00229. The summed E-state index contributed by atoms with van der Waals surface area (Å²) in [7, 11) is 3.21. The van der Waals surface area contributed by atoms with Crippen molar-refractivity contribution in [1.82, 2.24) is 19.2 Å². The van der Waals surface area contributed by atoms with Gasteiger partial charge < -0.3 is 19.1 Å². The van der Waals surface area contributed by atoms with Gasteiger partial charge in [-0.3, -0.25) is 9.36 Å². The molecule has 0 saturated carbocycles. The number of hydrogen-bond donors (Lipinski definition) is 0. The number of rotatable bonds is 9. The number of methoxy groups -OCH3 is 2. The Morgan fingerprint density at radius 3 is 2.40 bits per heavy atom. The molecular formula is C21H30N4O5. The van der Waals surface area contributed by atoms with Crippen LogP contribution in [0.5, 0.6) is 11.5 Å². The number of likely N-dealkylation sites (tertiary alicyclic amines) is 1. The zero-order valence-corrected chi connectivity index (χ0v) is 17.9. The maximum atomic E-state index is 12.5. The number of piperidine rings is 1. The van der Waals surface area contributed by atoms with Crippen LogP contribution in [0.3, 0.4) is 0 Å². The zero-order chi connectivity index (χ0) is 21.5. The lowest BCUT2D eigenvalue weighted by Crippen LogP contribution is -2.41. The molecule has 0 radical (unpaired) electrons. The second-order valence-corrected chi connectivity index (χ2v) is 7.22. The molecule has 1 aromatic heterocycles. The van der Waals surface area contributed by atoms with Gasteiger partial charge in [-0.25, -0.2) is 9.48 Å². The van der Waals surface area contributed by atoms with E-state index in [1.54, 1.807) is 43.1 Å². The van der Waals surface area contributed by atoms with Gasteiger partial charge in [-0.1, -0.05) is 0 Å². The molecule has 2 heterocycles. The maximum Gasteiger partial charge on any atom is 0.345 e. The molecule has 1 fully saturated rings. The van der Waals surface area contributed by atoms with Crippen molar-refractivity contribution in [3.63, 3.8) is 0 Å². The quantitative estimate of drug-likeness (QED) is 0.613. The van der Waals surface area contributed by atoms with Crippen LogP contribution in [-0.4, -0.2) is 65.7 Å². The van der Waals surface area contributed by atoms with E-state index < -0.39 is 0 Å². The Morgan fingerprint density at radius 2 is 1.80 bits per heavy atom. The lowest BCUT2D eigenvalue weighted by atomic mass is 9.96. The van der Waals surface area contributed by atoms with Gasteiger partial charge in [-0.15, -0.1) is 0 Å². The highest BCUT2D eigenvalue weighted by Gasteiger charge is 2.28. The van der Waals surface area contributed by atoms with E-state index in [9.17, 15) is 9.59 Å². The molecule has 1 aliphatic heterocycles. The number of benzene rings is 1. The summed E-state index contributed by atoms with van der Waals surface area (Å²) in [6, 6.07) is 7.15. The SMILES string of the molecule is CCn1c(C2CCN(C(=O)COc3ccc(OC)cc3)CC2)nn(CCOC)c1=O. The van der Waals surface area contributed by atoms with Gasteiger partial charge in [-0.05, 0) is 44.0 Å². The van der Waals surface area contributed by atoms with E-state index in [4.69, 9.17) is 14.2 Å². The minimum atomic E-state index is -0.101. The van der Waals surface area contributed by atoms with Gasteiger partial charge >= 0.3 is 5.69 Å². The first-order chi connectivity index (χ1) is 14.6. The van der Waals surface area contributed by atoms with Crippen LogP contribution < -0.4 is 15.2 Å². The fourth-order valence-electron chi connectivity index (χ4n) is 3.68. The van der Waals surface area contributed by atoms with Crippen molar-refractivity contribution in [2.45, 2.75) is 38.8 Å². The Hall–Kier alpha value is -2.81. The van der Waals surface area contributed by atoms with Crippen LogP contribution in [0.1, 0.15) is 31.5 Å². The number of hydrogen-bond acceptors (Lipinski definition) is 6. The molecule has 30 heavy (non-hydrogen) atoms. The first kappa shape index (κ1) is 21.9. The number of aromatic nitrogens is 3. The normalized spacial score (nSPS) is 14.7. The summed E-state index contributed by atoms with van der Waals surface area (Å²) in [6.45, 7) is 4.66. The van der Waals surface area contributed by atoms with Crippen LogP contribution in [0.2, 0.25) is 0 Å². The average Bonchev–Trinajstić information content (AvgIpc) is 3.11. The Bertz CT molecular complexity index is 882. The second-order valence-electron chi connectivity index (χ2n) is 7.22. The highest BCUT2D eigenvalue weighted by atomic mass is 16.5. The molecule has 164 valence electrons. The number of nitrogens with zero attached hydrogens (tertiary/aromatic N) is 4. The van der Waals surface area contributed by atoms with Gasteiger partial charge in [0.25, 0.3) is 5.91 Å². The third-order valence-electron chi connectivity index (χ3n) is 5.41. The van der Waals surface area contributed by atoms with E-state index in [2.05, 4.69) is 5.10 Å². The highest BCUT2D eigenvalue weighted by molar-refractivity contribution is 5.77. The molecule has 0 atom stereocenters. The number of carbonyl (C=O) groups excluding carboxylic acids is 1. The van der Waals surface area contributed by atoms with Crippen LogP contribution >= 0.6 is 0 Å². The van der Waals surface area contributed by atoms with Gasteiger partial charge in [0.2, 0.25) is 0 Å². The summed E-state index contributed by atoms with van der Waals surface area (Å²) in [5.41, 5.74) is -0.101. The molecule has 9 heteroatoms. The molecule has 0 spiro atoms. The second kappa shape index (κ2) is 10.3. The molecule has 0 bridgehead atoms. The zero-order valence-electron chi connectivity index (χ0n) is 17.9. The predicted octanol–water partition coefficient (Wildman–Crippen LogP) is 1.50. The van der Waals surface area contributed by atoms with Crippen LogP contribution in [-0.2, 0) is 22.6 Å². The van der Waals surface area contributed by atoms with E-state index in [1.807, 2.05) is 11.8 Å². The Balaban J connectivity index is 1.55. The first-order valence-corrected chi connectivity index (χ1v) is 10.3. The molecule has 1 saturated heterocycles. The van der Waals surface area contributed by atoms with E-state index in [0.717, 1.165) is 24.4 Å². The third-order valence-corrected chi connectivity index (χ3v) is 5.41. The van der Waals surface area contributed by atoms with Gasteiger partial charge in [0.05, 0.1) is 20.3 Å². The van der Waals surface area contributed by atoms with Crippen molar-refractivity contribution >= 4 is 5.91 Å². The lowest BCUT2D eigenvalue weighted by molar-refractivity contribution is -0.134. The van der Waals surface area contributed by atoms with Crippen molar-refractivity contribution < 1.29 is 19.0 Å². The lowest BCUT2D eigenvalue weighted by Gasteiger charge is -2.31. The summed E-state index contributed by atoms with van der Waals surface area (Å²) < 4.78 is 19.0. The summed E-state index contributed by atoms with van der Waals surface area (Å²) in [6.07, 6.45) is 1.55. The maximum absolute atomic E-state index is 12.5. The van der Waals surface area contributed by atoms with Crippen molar-refractivity contribution in [3.8, 4) is 11.5 Å². The molecule has 1 amide bonds. The summed E-state index contributed by atoms with van der Waals surface area (Å²) >= 11 is 0. The standard InChI is InChI=1S/C21H30N4O5/c1-4-24-20(22-25(21(24)27)13-14-28-2)16-9-11-23(12-10-16)19(26)15-30-18-7-5-17(29-3)6-8-18/h5-8,16H,4,9-15H2,1-3H3. The van der Waals surface area contributed by atoms with Gasteiger partial charge in [0.15, 0.2) is 6.61 Å². The van der Waals surface area contributed by atoms with E-state index >= 15 is 0 Å². The highest BCUT2D eigenvalue weighted by Crippen LogP contribution is 2.26. The van der Waals surface area contributed by atoms with E-state index in [0.29, 0.717) is 38.5 Å². The smallest absolute Gasteiger partial charge is 0.345 e. The molecule has 1 aliphatic rings. The molecule has 0 aliphatic carbocycles. The van der Waals surface area contributed by atoms with Gasteiger partial charge in [0, 0.05) is 32.7 Å². The van der Waals surface area contributed by atoms with Crippen molar-refractivity contribution in [2.75, 3.05) is 40.5 Å². The topological polar surface area (TPSA) is 87.8 Å². The van der Waals surface area contributed by atoms with Crippen LogP contribution in [0, 0.1) is 0 Å². The minimum Gasteiger partial charge on any atom is -0.497 e. The molecular weight excluding hydrogens is 388 g/mol. The summed E-state index contributed by atoms with van der Waals surface area (Å²) in [4.78, 5) is 26.9. The van der Waals surface area contributed by atoms with Crippen LogP contribution in [0.4, 0.5) is 0 Å². The summed E-state index contributed by atoms with van der Waals surface area (Å²) in [5, 5.41) is 4.55. The monoisotopic (exact) mass is 418 g/mol. The Labute approximate surface area is 176 Å². The van der Waals surface area contributed by atoms with Crippen LogP contribution in [0.15, 0.2) is 29.1 Å². The number of carbonyl (C=O) groups is 1. The molecule has 0 N–H and O–H groups in total. The molecule has 1 aromatic carbocycles. The first-order valence-electron chi connectivity index (χ1n) is 10.3. The molecule has 9 nitrogen and oxygen atoms in total. The fraction of sp³-hybridized carbons (Fsp3) is 0.571. The molecule has 2 aromatic rings. The van der Waals surface area contributed by atoms with Crippen molar-refractivity contribution in [1.29, 1.82) is 0 Å².